The minimum absolute atomic E-state index is 0.0752. The molecule has 5 heteroatoms. The SMILES string of the molecule is CCCCC(NC(C)c1ncc(CC)s1)C(=O)OC. The van der Waals surface area contributed by atoms with E-state index in [4.69, 9.17) is 4.74 Å². The Labute approximate surface area is 119 Å². The van der Waals surface area contributed by atoms with Crippen molar-refractivity contribution in [1.82, 2.24) is 10.3 Å². The molecule has 1 rings (SSSR count). The van der Waals surface area contributed by atoms with Crippen LogP contribution in [0.4, 0.5) is 0 Å². The molecule has 1 heterocycles. The Hall–Kier alpha value is -0.940. The van der Waals surface area contributed by atoms with Crippen molar-refractivity contribution < 1.29 is 9.53 Å². The zero-order chi connectivity index (χ0) is 14.3. The third kappa shape index (κ3) is 4.91. The molecule has 0 amide bonds. The highest BCUT2D eigenvalue weighted by atomic mass is 32.1. The van der Waals surface area contributed by atoms with Crippen molar-refractivity contribution >= 4 is 17.3 Å². The Morgan fingerprint density at radius 2 is 2.26 bits per heavy atom. The second-order valence-electron chi connectivity index (χ2n) is 4.62. The molecule has 4 nitrogen and oxygen atoms in total. The molecule has 0 radical (unpaired) electrons. The van der Waals surface area contributed by atoms with Gasteiger partial charge in [0.05, 0.1) is 13.2 Å². The lowest BCUT2D eigenvalue weighted by atomic mass is 10.1. The van der Waals surface area contributed by atoms with Crippen LogP contribution in [0.25, 0.3) is 0 Å². The van der Waals surface area contributed by atoms with Crippen LogP contribution in [-0.4, -0.2) is 24.1 Å². The summed E-state index contributed by atoms with van der Waals surface area (Å²) in [5, 5.41) is 4.36. The molecule has 108 valence electrons. The molecule has 0 bridgehead atoms. The van der Waals surface area contributed by atoms with E-state index in [9.17, 15) is 4.79 Å². The number of nitrogens with zero attached hydrogens (tertiary/aromatic N) is 1. The van der Waals surface area contributed by atoms with Crippen molar-refractivity contribution in [3.63, 3.8) is 0 Å². The third-order valence-corrected chi connectivity index (χ3v) is 4.40. The Morgan fingerprint density at radius 3 is 2.79 bits per heavy atom. The van der Waals surface area contributed by atoms with E-state index in [-0.39, 0.29) is 18.1 Å². The first-order valence-corrected chi connectivity index (χ1v) is 7.72. The van der Waals surface area contributed by atoms with Gasteiger partial charge in [0, 0.05) is 11.1 Å². The predicted molar refractivity (Wildman–Crippen MR) is 78.4 cm³/mol. The van der Waals surface area contributed by atoms with Crippen molar-refractivity contribution in [1.29, 1.82) is 0 Å². The Kier molecular flexibility index (Phi) is 7.02. The summed E-state index contributed by atoms with van der Waals surface area (Å²) in [6.45, 7) is 6.28. The van der Waals surface area contributed by atoms with E-state index in [2.05, 4.69) is 24.1 Å². The molecule has 1 N–H and O–H groups in total. The molecule has 0 saturated carbocycles. The van der Waals surface area contributed by atoms with Crippen molar-refractivity contribution in [2.24, 2.45) is 0 Å². The highest BCUT2D eigenvalue weighted by molar-refractivity contribution is 7.11. The first-order valence-electron chi connectivity index (χ1n) is 6.90. The van der Waals surface area contributed by atoms with Gasteiger partial charge in [-0.25, -0.2) is 4.98 Å². The highest BCUT2D eigenvalue weighted by Gasteiger charge is 2.22. The molecule has 1 aromatic rings. The van der Waals surface area contributed by atoms with Gasteiger partial charge in [-0.1, -0.05) is 26.7 Å². The Bertz CT molecular complexity index is 393. The molecule has 0 aliphatic heterocycles. The second kappa shape index (κ2) is 8.27. The smallest absolute Gasteiger partial charge is 0.322 e. The van der Waals surface area contributed by atoms with Crippen molar-refractivity contribution in [2.45, 2.75) is 58.5 Å². The number of thiazole rings is 1. The fourth-order valence-electron chi connectivity index (χ4n) is 1.88. The number of hydrogen-bond donors (Lipinski definition) is 1. The highest BCUT2D eigenvalue weighted by Crippen LogP contribution is 2.21. The van der Waals surface area contributed by atoms with Crippen LogP contribution in [-0.2, 0) is 16.0 Å². The number of aromatic nitrogens is 1. The molecule has 0 fully saturated rings. The van der Waals surface area contributed by atoms with E-state index >= 15 is 0 Å². The number of carbonyl (C=O) groups is 1. The van der Waals surface area contributed by atoms with Gasteiger partial charge in [-0.05, 0) is 19.8 Å². The summed E-state index contributed by atoms with van der Waals surface area (Å²) in [7, 11) is 1.44. The van der Waals surface area contributed by atoms with Gasteiger partial charge in [-0.3, -0.25) is 10.1 Å². The standard InChI is InChI=1S/C14H24N2O2S/c1-5-7-8-12(14(17)18-4)16-10(3)13-15-9-11(6-2)19-13/h9-10,12,16H,5-8H2,1-4H3. The molecule has 2 atom stereocenters. The number of esters is 1. The van der Waals surface area contributed by atoms with Crippen LogP contribution in [0.15, 0.2) is 6.20 Å². The molecular weight excluding hydrogens is 260 g/mol. The number of hydrogen-bond acceptors (Lipinski definition) is 5. The Morgan fingerprint density at radius 1 is 1.53 bits per heavy atom. The van der Waals surface area contributed by atoms with E-state index < -0.39 is 0 Å². The molecule has 0 aromatic carbocycles. The lowest BCUT2D eigenvalue weighted by molar-refractivity contribution is -0.143. The third-order valence-electron chi connectivity index (χ3n) is 3.07. The van der Waals surface area contributed by atoms with E-state index in [1.807, 2.05) is 13.1 Å². The average molecular weight is 284 g/mol. The van der Waals surface area contributed by atoms with Crippen LogP contribution in [0.1, 0.15) is 56.0 Å². The lowest BCUT2D eigenvalue weighted by Gasteiger charge is -2.20. The topological polar surface area (TPSA) is 51.2 Å². The molecular formula is C14H24N2O2S. The number of aryl methyl sites for hydroxylation is 1. The van der Waals surface area contributed by atoms with Gasteiger partial charge < -0.3 is 4.74 Å². The van der Waals surface area contributed by atoms with Gasteiger partial charge in [-0.15, -0.1) is 11.3 Å². The fraction of sp³-hybridized carbons (Fsp3) is 0.714. The molecule has 19 heavy (non-hydrogen) atoms. The van der Waals surface area contributed by atoms with Gasteiger partial charge in [0.1, 0.15) is 11.0 Å². The first-order chi connectivity index (χ1) is 9.12. The molecule has 0 saturated heterocycles. The van der Waals surface area contributed by atoms with E-state index in [1.165, 1.54) is 12.0 Å². The number of nitrogens with one attached hydrogen (secondary N) is 1. The van der Waals surface area contributed by atoms with Crippen LogP contribution in [0, 0.1) is 0 Å². The number of carbonyl (C=O) groups excluding carboxylic acids is 1. The average Bonchev–Trinajstić information content (AvgIpc) is 2.91. The molecule has 0 aliphatic carbocycles. The van der Waals surface area contributed by atoms with E-state index in [0.29, 0.717) is 0 Å². The summed E-state index contributed by atoms with van der Waals surface area (Å²) >= 11 is 1.70. The van der Waals surface area contributed by atoms with Gasteiger partial charge >= 0.3 is 5.97 Å². The molecule has 2 unspecified atom stereocenters. The number of methoxy groups -OCH3 is 1. The lowest BCUT2D eigenvalue weighted by Crippen LogP contribution is -2.39. The van der Waals surface area contributed by atoms with Crippen molar-refractivity contribution in [3.05, 3.63) is 16.1 Å². The van der Waals surface area contributed by atoms with E-state index in [1.54, 1.807) is 11.3 Å². The van der Waals surface area contributed by atoms with Crippen LogP contribution in [0.3, 0.4) is 0 Å². The van der Waals surface area contributed by atoms with Gasteiger partial charge in [0.2, 0.25) is 0 Å². The summed E-state index contributed by atoms with van der Waals surface area (Å²) in [5.41, 5.74) is 0. The molecule has 0 spiro atoms. The summed E-state index contributed by atoms with van der Waals surface area (Å²) in [6.07, 6.45) is 5.80. The summed E-state index contributed by atoms with van der Waals surface area (Å²) in [6, 6.07) is -0.166. The summed E-state index contributed by atoms with van der Waals surface area (Å²) < 4.78 is 4.85. The fourth-order valence-corrected chi connectivity index (χ4v) is 2.75. The quantitative estimate of drug-likeness (QED) is 0.745. The van der Waals surface area contributed by atoms with Crippen LogP contribution >= 0.6 is 11.3 Å². The van der Waals surface area contributed by atoms with Gasteiger partial charge in [0.25, 0.3) is 0 Å². The zero-order valence-electron chi connectivity index (χ0n) is 12.2. The second-order valence-corrected chi connectivity index (χ2v) is 5.77. The maximum Gasteiger partial charge on any atom is 0.322 e. The Balaban J connectivity index is 2.63. The number of ether oxygens (including phenoxy) is 1. The monoisotopic (exact) mass is 284 g/mol. The van der Waals surface area contributed by atoms with Gasteiger partial charge in [-0.2, -0.15) is 0 Å². The summed E-state index contributed by atoms with van der Waals surface area (Å²) in [4.78, 5) is 17.4. The van der Waals surface area contributed by atoms with Crippen LogP contribution in [0.2, 0.25) is 0 Å². The predicted octanol–water partition coefficient (Wildman–Crippen LogP) is 3.09. The maximum absolute atomic E-state index is 11.7. The van der Waals surface area contributed by atoms with Crippen molar-refractivity contribution in [3.8, 4) is 0 Å². The molecule has 1 aromatic heterocycles. The maximum atomic E-state index is 11.7. The van der Waals surface area contributed by atoms with Gasteiger partial charge in [0.15, 0.2) is 0 Å². The van der Waals surface area contributed by atoms with Crippen LogP contribution in [0.5, 0.6) is 0 Å². The summed E-state index contributed by atoms with van der Waals surface area (Å²) in [5.74, 6) is -0.187. The van der Waals surface area contributed by atoms with E-state index in [0.717, 1.165) is 30.7 Å². The normalized spacial score (nSPS) is 14.1. The number of rotatable bonds is 8. The minimum Gasteiger partial charge on any atom is -0.468 e. The molecule has 0 aliphatic rings. The minimum atomic E-state index is -0.242. The van der Waals surface area contributed by atoms with Crippen molar-refractivity contribution in [2.75, 3.05) is 7.11 Å². The largest absolute Gasteiger partial charge is 0.468 e. The number of unbranched alkanes of at least 4 members (excludes halogenated alkanes) is 1. The first kappa shape index (κ1) is 16.1. The zero-order valence-corrected chi connectivity index (χ0v) is 13.0. The van der Waals surface area contributed by atoms with Crippen LogP contribution < -0.4 is 5.32 Å².